The Morgan fingerprint density at radius 3 is 2.94 bits per heavy atom. The van der Waals surface area contributed by atoms with Gasteiger partial charge in [0.15, 0.2) is 0 Å². The van der Waals surface area contributed by atoms with E-state index >= 15 is 0 Å². The average Bonchev–Trinajstić information content (AvgIpc) is 2.81. The van der Waals surface area contributed by atoms with Crippen molar-refractivity contribution in [2.45, 2.75) is 39.3 Å². The lowest BCUT2D eigenvalue weighted by atomic mass is 10.1. The molecule has 1 atom stereocenters. The van der Waals surface area contributed by atoms with Gasteiger partial charge >= 0.3 is 5.97 Å². The molecule has 1 aromatic rings. The predicted molar refractivity (Wildman–Crippen MR) is 66.7 cm³/mol. The van der Waals surface area contributed by atoms with Crippen LogP contribution in [0.5, 0.6) is 0 Å². The molecule has 1 heterocycles. The van der Waals surface area contributed by atoms with Crippen LogP contribution in [0.15, 0.2) is 18.2 Å². The molecule has 3 nitrogen and oxygen atoms in total. The van der Waals surface area contributed by atoms with E-state index in [-0.39, 0.29) is 12.0 Å². The number of carbonyl (C=O) groups excluding carboxylic acids is 1. The zero-order valence-electron chi connectivity index (χ0n) is 10.5. The fourth-order valence-corrected chi connectivity index (χ4v) is 2.14. The second-order valence-corrected chi connectivity index (χ2v) is 4.69. The van der Waals surface area contributed by atoms with Crippen molar-refractivity contribution in [2.24, 2.45) is 0 Å². The molecule has 0 radical (unpaired) electrons. The van der Waals surface area contributed by atoms with Crippen LogP contribution in [0.2, 0.25) is 0 Å². The van der Waals surface area contributed by atoms with Gasteiger partial charge in [-0.2, -0.15) is 0 Å². The summed E-state index contributed by atoms with van der Waals surface area (Å²) in [6, 6.07) is 6.09. The molecule has 0 amide bonds. The van der Waals surface area contributed by atoms with Crippen molar-refractivity contribution in [3.05, 3.63) is 34.9 Å². The van der Waals surface area contributed by atoms with Crippen molar-refractivity contribution < 1.29 is 9.53 Å². The van der Waals surface area contributed by atoms with Crippen molar-refractivity contribution in [2.75, 3.05) is 6.54 Å². The highest BCUT2D eigenvalue weighted by Gasteiger charge is 2.23. The quantitative estimate of drug-likeness (QED) is 0.812. The Hall–Kier alpha value is -1.35. The summed E-state index contributed by atoms with van der Waals surface area (Å²) in [5.74, 6) is -0.123. The van der Waals surface area contributed by atoms with Gasteiger partial charge in [0.1, 0.15) is 12.6 Å². The van der Waals surface area contributed by atoms with Crippen molar-refractivity contribution in [3.63, 3.8) is 0 Å². The zero-order valence-corrected chi connectivity index (χ0v) is 10.5. The van der Waals surface area contributed by atoms with E-state index < -0.39 is 0 Å². The molecule has 1 aromatic carbocycles. The summed E-state index contributed by atoms with van der Waals surface area (Å²) in [5.41, 5.74) is 3.49. The van der Waals surface area contributed by atoms with E-state index in [1.807, 2.05) is 19.1 Å². The molecule has 1 unspecified atom stereocenters. The highest BCUT2D eigenvalue weighted by atomic mass is 16.5. The Bertz CT molecular complexity index is 409. The molecule has 0 spiro atoms. The summed E-state index contributed by atoms with van der Waals surface area (Å²) in [6.07, 6.45) is 1.95. The van der Waals surface area contributed by atoms with E-state index in [1.165, 1.54) is 11.1 Å². The van der Waals surface area contributed by atoms with Crippen LogP contribution >= 0.6 is 0 Å². The van der Waals surface area contributed by atoms with E-state index in [9.17, 15) is 4.79 Å². The smallest absolute Gasteiger partial charge is 0.323 e. The fraction of sp³-hybridized carbons (Fsp3) is 0.500. The van der Waals surface area contributed by atoms with E-state index in [0.29, 0.717) is 6.61 Å². The van der Waals surface area contributed by atoms with Crippen molar-refractivity contribution in [1.29, 1.82) is 0 Å². The number of hydrogen-bond acceptors (Lipinski definition) is 3. The van der Waals surface area contributed by atoms with Crippen molar-refractivity contribution >= 4 is 5.97 Å². The number of nitrogens with one attached hydrogen (secondary N) is 1. The monoisotopic (exact) mass is 233 g/mol. The number of aryl methyl sites for hydroxylation is 2. The van der Waals surface area contributed by atoms with Crippen LogP contribution in [-0.2, 0) is 16.1 Å². The number of benzene rings is 1. The van der Waals surface area contributed by atoms with E-state index in [2.05, 4.69) is 18.3 Å². The second-order valence-electron chi connectivity index (χ2n) is 4.69. The average molecular weight is 233 g/mol. The summed E-state index contributed by atoms with van der Waals surface area (Å²) in [4.78, 5) is 11.7. The van der Waals surface area contributed by atoms with Crippen LogP contribution in [0.3, 0.4) is 0 Å². The third-order valence-electron chi connectivity index (χ3n) is 3.21. The van der Waals surface area contributed by atoms with Gasteiger partial charge in [0.2, 0.25) is 0 Å². The van der Waals surface area contributed by atoms with Crippen molar-refractivity contribution in [3.8, 4) is 0 Å². The van der Waals surface area contributed by atoms with E-state index in [0.717, 1.165) is 24.9 Å². The minimum Gasteiger partial charge on any atom is -0.460 e. The molecule has 1 saturated heterocycles. The van der Waals surface area contributed by atoms with Gasteiger partial charge in [-0.05, 0) is 44.4 Å². The molecule has 2 rings (SSSR count). The molecule has 92 valence electrons. The minimum absolute atomic E-state index is 0.0965. The summed E-state index contributed by atoms with van der Waals surface area (Å²) < 4.78 is 5.33. The molecule has 17 heavy (non-hydrogen) atoms. The highest BCUT2D eigenvalue weighted by molar-refractivity contribution is 5.76. The number of rotatable bonds is 3. The summed E-state index contributed by atoms with van der Waals surface area (Å²) in [7, 11) is 0. The van der Waals surface area contributed by atoms with Crippen LogP contribution in [-0.4, -0.2) is 18.6 Å². The van der Waals surface area contributed by atoms with Gasteiger partial charge in [0.25, 0.3) is 0 Å². The Morgan fingerprint density at radius 2 is 2.29 bits per heavy atom. The molecule has 1 aliphatic heterocycles. The first-order chi connectivity index (χ1) is 8.16. The van der Waals surface area contributed by atoms with Crippen molar-refractivity contribution in [1.82, 2.24) is 5.32 Å². The fourth-order valence-electron chi connectivity index (χ4n) is 2.14. The van der Waals surface area contributed by atoms with Gasteiger partial charge in [-0.25, -0.2) is 0 Å². The molecular weight excluding hydrogens is 214 g/mol. The van der Waals surface area contributed by atoms with E-state index in [4.69, 9.17) is 4.74 Å². The minimum atomic E-state index is -0.123. The van der Waals surface area contributed by atoms with Gasteiger partial charge in [-0.1, -0.05) is 23.8 Å². The maximum Gasteiger partial charge on any atom is 0.323 e. The van der Waals surface area contributed by atoms with Crippen LogP contribution in [0.1, 0.15) is 29.5 Å². The van der Waals surface area contributed by atoms with E-state index in [1.54, 1.807) is 0 Å². The standard InChI is InChI=1S/C14H19NO2/c1-10-5-6-12(11(2)8-10)9-17-14(16)13-4-3-7-15-13/h5-6,8,13,15H,3-4,7,9H2,1-2H3. The third kappa shape index (κ3) is 3.07. The topological polar surface area (TPSA) is 38.3 Å². The molecule has 0 saturated carbocycles. The summed E-state index contributed by atoms with van der Waals surface area (Å²) in [5, 5.41) is 3.14. The number of esters is 1. The lowest BCUT2D eigenvalue weighted by Crippen LogP contribution is -2.32. The Morgan fingerprint density at radius 1 is 1.47 bits per heavy atom. The Labute approximate surface area is 102 Å². The van der Waals surface area contributed by atoms with Gasteiger partial charge in [-0.3, -0.25) is 4.79 Å². The third-order valence-corrected chi connectivity index (χ3v) is 3.21. The lowest BCUT2D eigenvalue weighted by molar-refractivity contribution is -0.147. The Kier molecular flexibility index (Phi) is 3.79. The molecule has 0 aromatic heterocycles. The van der Waals surface area contributed by atoms with Crippen LogP contribution in [0.25, 0.3) is 0 Å². The lowest BCUT2D eigenvalue weighted by Gasteiger charge is -2.12. The SMILES string of the molecule is Cc1ccc(COC(=O)C2CCCN2)c(C)c1. The molecule has 0 bridgehead atoms. The van der Waals surface area contributed by atoms with Gasteiger partial charge in [-0.15, -0.1) is 0 Å². The van der Waals surface area contributed by atoms with Gasteiger partial charge in [0.05, 0.1) is 0 Å². The molecule has 3 heteroatoms. The second kappa shape index (κ2) is 5.32. The van der Waals surface area contributed by atoms with Crippen LogP contribution in [0.4, 0.5) is 0 Å². The predicted octanol–water partition coefficient (Wildman–Crippen LogP) is 2.10. The van der Waals surface area contributed by atoms with Crippen LogP contribution < -0.4 is 5.32 Å². The number of hydrogen-bond donors (Lipinski definition) is 1. The Balaban J connectivity index is 1.90. The molecule has 1 N–H and O–H groups in total. The van der Waals surface area contributed by atoms with Gasteiger partial charge in [0, 0.05) is 0 Å². The molecule has 0 aliphatic carbocycles. The summed E-state index contributed by atoms with van der Waals surface area (Å²) >= 11 is 0. The molecule has 1 fully saturated rings. The highest BCUT2D eigenvalue weighted by Crippen LogP contribution is 2.13. The number of carbonyl (C=O) groups is 1. The first-order valence-electron chi connectivity index (χ1n) is 6.13. The first-order valence-corrected chi connectivity index (χ1v) is 6.13. The largest absolute Gasteiger partial charge is 0.460 e. The number of ether oxygens (including phenoxy) is 1. The van der Waals surface area contributed by atoms with Gasteiger partial charge < -0.3 is 10.1 Å². The van der Waals surface area contributed by atoms with Crippen LogP contribution in [0, 0.1) is 13.8 Å². The summed E-state index contributed by atoms with van der Waals surface area (Å²) in [6.45, 7) is 5.40. The maximum atomic E-state index is 11.7. The maximum absolute atomic E-state index is 11.7. The molecular formula is C14H19NO2. The molecule has 1 aliphatic rings. The zero-order chi connectivity index (χ0) is 12.3. The first kappa shape index (κ1) is 12.1. The normalized spacial score (nSPS) is 19.3.